The number of unbranched alkanes of at least 4 members (excludes halogenated alkanes) is 2. The molecule has 0 saturated heterocycles. The van der Waals surface area contributed by atoms with Crippen LogP contribution in [0.25, 0.3) is 0 Å². The molecule has 0 aliphatic rings. The van der Waals surface area contributed by atoms with Gasteiger partial charge in [0.1, 0.15) is 0 Å². The van der Waals surface area contributed by atoms with E-state index in [-0.39, 0.29) is 0 Å². The van der Waals surface area contributed by atoms with E-state index in [2.05, 4.69) is 13.5 Å². The highest BCUT2D eigenvalue weighted by molar-refractivity contribution is 5.74. The third-order valence-corrected chi connectivity index (χ3v) is 2.17. The molecule has 0 heterocycles. The third kappa shape index (κ3) is 7.14. The van der Waals surface area contributed by atoms with E-state index in [0.717, 1.165) is 31.3 Å². The monoisotopic (exact) mass is 214 g/mol. The van der Waals surface area contributed by atoms with Gasteiger partial charge >= 0.3 is 5.97 Å². The number of aliphatic hydroxyl groups is 1. The van der Waals surface area contributed by atoms with Crippen molar-refractivity contribution in [1.82, 2.24) is 0 Å². The zero-order valence-corrected chi connectivity index (χ0v) is 9.79. The van der Waals surface area contributed by atoms with Gasteiger partial charge in [0.2, 0.25) is 0 Å². The van der Waals surface area contributed by atoms with Crippen molar-refractivity contribution in [2.75, 3.05) is 6.61 Å². The molecule has 0 radical (unpaired) electrons. The first-order valence-electron chi connectivity index (χ1n) is 5.63. The van der Waals surface area contributed by atoms with Crippen LogP contribution < -0.4 is 0 Å². The average Bonchev–Trinajstić information content (AvgIpc) is 2.18. The molecule has 88 valence electrons. The van der Waals surface area contributed by atoms with E-state index < -0.39 is 12.1 Å². The molecule has 3 nitrogen and oxygen atoms in total. The van der Waals surface area contributed by atoms with Crippen molar-refractivity contribution in [3.8, 4) is 0 Å². The van der Waals surface area contributed by atoms with Gasteiger partial charge in [-0.25, -0.2) is 4.79 Å². The van der Waals surface area contributed by atoms with E-state index in [1.807, 2.05) is 0 Å². The Balaban J connectivity index is 3.70. The maximum atomic E-state index is 11.1. The Morgan fingerprint density at radius 3 is 2.60 bits per heavy atom. The molecule has 0 bridgehead atoms. The van der Waals surface area contributed by atoms with Crippen LogP contribution in [0.1, 0.15) is 46.0 Å². The molecular formula is C12H22O3. The number of hydrogen-bond acceptors (Lipinski definition) is 3. The summed E-state index contributed by atoms with van der Waals surface area (Å²) < 4.78 is 4.70. The fourth-order valence-corrected chi connectivity index (χ4v) is 1.32. The molecule has 0 aromatic carbocycles. The van der Waals surface area contributed by atoms with Crippen molar-refractivity contribution >= 4 is 5.97 Å². The first-order chi connectivity index (χ1) is 7.11. The van der Waals surface area contributed by atoms with E-state index in [0.29, 0.717) is 13.0 Å². The van der Waals surface area contributed by atoms with E-state index >= 15 is 0 Å². The summed E-state index contributed by atoms with van der Waals surface area (Å²) in [7, 11) is 0. The SMILES string of the molecule is C=C(CCCCC)C[C@@H](O)C(=O)OCC. The maximum Gasteiger partial charge on any atom is 0.335 e. The van der Waals surface area contributed by atoms with Crippen molar-refractivity contribution in [3.63, 3.8) is 0 Å². The van der Waals surface area contributed by atoms with Gasteiger partial charge in [-0.15, -0.1) is 0 Å². The molecule has 0 amide bonds. The smallest absolute Gasteiger partial charge is 0.335 e. The second-order valence-corrected chi connectivity index (χ2v) is 3.68. The molecular weight excluding hydrogens is 192 g/mol. The fourth-order valence-electron chi connectivity index (χ4n) is 1.32. The molecule has 1 N–H and O–H groups in total. The predicted molar refractivity (Wildman–Crippen MR) is 60.5 cm³/mol. The Bertz CT molecular complexity index is 199. The third-order valence-electron chi connectivity index (χ3n) is 2.17. The Morgan fingerprint density at radius 1 is 1.40 bits per heavy atom. The second kappa shape index (κ2) is 8.48. The zero-order valence-electron chi connectivity index (χ0n) is 9.79. The number of carbonyl (C=O) groups is 1. The minimum Gasteiger partial charge on any atom is -0.464 e. The van der Waals surface area contributed by atoms with Crippen LogP contribution >= 0.6 is 0 Å². The molecule has 3 heteroatoms. The van der Waals surface area contributed by atoms with Gasteiger partial charge in [0.15, 0.2) is 6.10 Å². The lowest BCUT2D eigenvalue weighted by Crippen LogP contribution is -2.23. The van der Waals surface area contributed by atoms with Gasteiger partial charge < -0.3 is 9.84 Å². The maximum absolute atomic E-state index is 11.1. The van der Waals surface area contributed by atoms with Crippen LogP contribution in [0, 0.1) is 0 Å². The van der Waals surface area contributed by atoms with Gasteiger partial charge in [-0.3, -0.25) is 0 Å². The van der Waals surface area contributed by atoms with Gasteiger partial charge in [0.05, 0.1) is 6.61 Å². The van der Waals surface area contributed by atoms with Gasteiger partial charge in [-0.1, -0.05) is 31.9 Å². The zero-order chi connectivity index (χ0) is 11.7. The quantitative estimate of drug-likeness (QED) is 0.383. The summed E-state index contributed by atoms with van der Waals surface area (Å²) in [6.45, 7) is 8.00. The Morgan fingerprint density at radius 2 is 2.07 bits per heavy atom. The van der Waals surface area contributed by atoms with Crippen molar-refractivity contribution in [2.45, 2.75) is 52.1 Å². The Labute approximate surface area is 92.1 Å². The number of hydrogen-bond donors (Lipinski definition) is 1. The molecule has 0 aliphatic heterocycles. The van der Waals surface area contributed by atoms with Crippen molar-refractivity contribution < 1.29 is 14.6 Å². The minimum absolute atomic E-state index is 0.304. The van der Waals surface area contributed by atoms with Crippen LogP contribution in [0.2, 0.25) is 0 Å². The predicted octanol–water partition coefficient (Wildman–Crippen LogP) is 2.44. The standard InChI is InChI=1S/C12H22O3/c1-4-6-7-8-10(3)9-11(13)12(14)15-5-2/h11,13H,3-9H2,1-2H3/t11-/m1/s1. The summed E-state index contributed by atoms with van der Waals surface area (Å²) in [5.41, 5.74) is 0.920. The second-order valence-electron chi connectivity index (χ2n) is 3.68. The normalized spacial score (nSPS) is 12.2. The Hall–Kier alpha value is -0.830. The summed E-state index contributed by atoms with van der Waals surface area (Å²) in [6.07, 6.45) is 3.55. The molecule has 0 fully saturated rings. The van der Waals surface area contributed by atoms with E-state index in [9.17, 15) is 9.90 Å². The van der Waals surface area contributed by atoms with Crippen molar-refractivity contribution in [2.24, 2.45) is 0 Å². The summed E-state index contributed by atoms with van der Waals surface area (Å²) in [5, 5.41) is 9.44. The van der Waals surface area contributed by atoms with Crippen LogP contribution in [0.3, 0.4) is 0 Å². The lowest BCUT2D eigenvalue weighted by Gasteiger charge is -2.11. The largest absolute Gasteiger partial charge is 0.464 e. The highest BCUT2D eigenvalue weighted by Crippen LogP contribution is 2.13. The molecule has 0 saturated carbocycles. The van der Waals surface area contributed by atoms with Gasteiger partial charge in [0.25, 0.3) is 0 Å². The number of ether oxygens (including phenoxy) is 1. The van der Waals surface area contributed by atoms with Crippen molar-refractivity contribution in [3.05, 3.63) is 12.2 Å². The summed E-state index contributed by atoms with van der Waals surface area (Å²) in [5.74, 6) is -0.547. The minimum atomic E-state index is -1.04. The van der Waals surface area contributed by atoms with Gasteiger partial charge in [-0.2, -0.15) is 0 Å². The molecule has 0 aromatic rings. The van der Waals surface area contributed by atoms with Crippen LogP contribution in [-0.4, -0.2) is 23.8 Å². The lowest BCUT2D eigenvalue weighted by molar-refractivity contribution is -0.152. The number of carbonyl (C=O) groups excluding carboxylic acids is 1. The van der Waals surface area contributed by atoms with Crippen LogP contribution in [0.15, 0.2) is 12.2 Å². The van der Waals surface area contributed by atoms with Crippen LogP contribution in [-0.2, 0) is 9.53 Å². The van der Waals surface area contributed by atoms with E-state index in [4.69, 9.17) is 4.74 Å². The summed E-state index contributed by atoms with van der Waals surface area (Å²) in [6, 6.07) is 0. The Kier molecular flexibility index (Phi) is 8.01. The first-order valence-corrected chi connectivity index (χ1v) is 5.63. The molecule has 1 atom stereocenters. The molecule has 15 heavy (non-hydrogen) atoms. The van der Waals surface area contributed by atoms with Gasteiger partial charge in [0, 0.05) is 6.42 Å². The highest BCUT2D eigenvalue weighted by Gasteiger charge is 2.16. The van der Waals surface area contributed by atoms with Gasteiger partial charge in [-0.05, 0) is 19.8 Å². The van der Waals surface area contributed by atoms with Crippen LogP contribution in [0.5, 0.6) is 0 Å². The molecule has 0 unspecified atom stereocenters. The van der Waals surface area contributed by atoms with E-state index in [1.54, 1.807) is 6.92 Å². The lowest BCUT2D eigenvalue weighted by atomic mass is 10.0. The topological polar surface area (TPSA) is 46.5 Å². The van der Waals surface area contributed by atoms with Crippen LogP contribution in [0.4, 0.5) is 0 Å². The summed E-state index contributed by atoms with van der Waals surface area (Å²) in [4.78, 5) is 11.1. The van der Waals surface area contributed by atoms with Crippen molar-refractivity contribution in [1.29, 1.82) is 0 Å². The molecule has 0 aliphatic carbocycles. The van der Waals surface area contributed by atoms with E-state index in [1.165, 1.54) is 0 Å². The number of aliphatic hydroxyl groups excluding tert-OH is 1. The molecule has 0 spiro atoms. The summed E-state index contributed by atoms with van der Waals surface area (Å²) >= 11 is 0. The number of esters is 1. The fraction of sp³-hybridized carbons (Fsp3) is 0.750. The first kappa shape index (κ1) is 14.2. The number of rotatable bonds is 8. The molecule has 0 aromatic heterocycles. The molecule has 0 rings (SSSR count). The average molecular weight is 214 g/mol. The highest BCUT2D eigenvalue weighted by atomic mass is 16.5.